The Morgan fingerprint density at radius 2 is 2.06 bits per heavy atom. The van der Waals surface area contributed by atoms with E-state index in [-0.39, 0.29) is 12.5 Å². The number of rotatable bonds is 6. The molecule has 0 aromatic heterocycles. The van der Waals surface area contributed by atoms with Crippen LogP contribution in [-0.2, 0) is 14.3 Å². The van der Waals surface area contributed by atoms with Gasteiger partial charge in [-0.15, -0.1) is 0 Å². The number of carbonyl (C=O) groups excluding carboxylic acids is 2. The molecule has 1 fully saturated rings. The molecule has 18 heavy (non-hydrogen) atoms. The number of carboxylic acids is 1. The van der Waals surface area contributed by atoms with Crippen molar-refractivity contribution in [1.82, 2.24) is 10.2 Å². The zero-order chi connectivity index (χ0) is 13.7. The van der Waals surface area contributed by atoms with Gasteiger partial charge in [0, 0.05) is 6.54 Å². The Labute approximate surface area is 105 Å². The quantitative estimate of drug-likeness (QED) is 0.656. The second-order valence-corrected chi connectivity index (χ2v) is 4.19. The first-order chi connectivity index (χ1) is 8.49. The van der Waals surface area contributed by atoms with E-state index in [1.165, 1.54) is 12.0 Å². The highest BCUT2D eigenvalue weighted by Crippen LogP contribution is 2.32. The molecule has 0 heterocycles. The highest BCUT2D eigenvalue weighted by molar-refractivity contribution is 5.85. The van der Waals surface area contributed by atoms with Gasteiger partial charge in [0.1, 0.15) is 12.6 Å². The minimum Gasteiger partial charge on any atom is -0.480 e. The summed E-state index contributed by atoms with van der Waals surface area (Å²) < 4.78 is 4.47. The minimum atomic E-state index is -1.04. The SMILES string of the molecule is CCN(CC(=O)OC)C(=O)NC(C(=O)O)C1CC1. The van der Waals surface area contributed by atoms with Crippen LogP contribution in [0.25, 0.3) is 0 Å². The summed E-state index contributed by atoms with van der Waals surface area (Å²) >= 11 is 0. The maximum Gasteiger partial charge on any atom is 0.326 e. The van der Waals surface area contributed by atoms with E-state index in [4.69, 9.17) is 5.11 Å². The second-order valence-electron chi connectivity index (χ2n) is 4.19. The number of carboxylic acid groups (broad SMARTS) is 1. The van der Waals surface area contributed by atoms with E-state index >= 15 is 0 Å². The Balaban J connectivity index is 2.54. The van der Waals surface area contributed by atoms with Crippen LogP contribution in [0.4, 0.5) is 4.79 Å². The van der Waals surface area contributed by atoms with Crippen LogP contribution in [-0.4, -0.2) is 54.2 Å². The first kappa shape index (κ1) is 14.3. The fraction of sp³-hybridized carbons (Fsp3) is 0.727. The molecule has 1 aliphatic rings. The molecule has 102 valence electrons. The average Bonchev–Trinajstić information content (AvgIpc) is 3.15. The highest BCUT2D eigenvalue weighted by Gasteiger charge is 2.38. The molecular formula is C11H18N2O5. The largest absolute Gasteiger partial charge is 0.480 e. The van der Waals surface area contributed by atoms with Crippen LogP contribution in [0.5, 0.6) is 0 Å². The van der Waals surface area contributed by atoms with E-state index in [1.54, 1.807) is 6.92 Å². The molecule has 7 nitrogen and oxygen atoms in total. The van der Waals surface area contributed by atoms with E-state index in [2.05, 4.69) is 10.1 Å². The average molecular weight is 258 g/mol. The molecular weight excluding hydrogens is 240 g/mol. The molecule has 1 saturated carbocycles. The molecule has 2 N–H and O–H groups in total. The number of esters is 1. The predicted molar refractivity (Wildman–Crippen MR) is 61.9 cm³/mol. The molecule has 1 unspecified atom stereocenters. The Kier molecular flexibility index (Phi) is 4.94. The predicted octanol–water partition coefficient (Wildman–Crippen LogP) is 0.0541. The minimum absolute atomic E-state index is 0.00304. The molecule has 0 spiro atoms. The zero-order valence-corrected chi connectivity index (χ0v) is 10.5. The topological polar surface area (TPSA) is 95.9 Å². The van der Waals surface area contributed by atoms with Crippen molar-refractivity contribution in [1.29, 1.82) is 0 Å². The smallest absolute Gasteiger partial charge is 0.326 e. The van der Waals surface area contributed by atoms with Gasteiger partial charge in [0.25, 0.3) is 0 Å². The lowest BCUT2D eigenvalue weighted by atomic mass is 10.2. The lowest BCUT2D eigenvalue weighted by molar-refractivity contribution is -0.141. The van der Waals surface area contributed by atoms with Gasteiger partial charge in [-0.05, 0) is 25.7 Å². The number of hydrogen-bond acceptors (Lipinski definition) is 4. The van der Waals surface area contributed by atoms with Crippen molar-refractivity contribution in [3.63, 3.8) is 0 Å². The van der Waals surface area contributed by atoms with E-state index in [9.17, 15) is 14.4 Å². The molecule has 0 saturated heterocycles. The summed E-state index contributed by atoms with van der Waals surface area (Å²) in [5.41, 5.74) is 0. The number of likely N-dealkylation sites (N-methyl/N-ethyl adjacent to an activating group) is 1. The molecule has 0 bridgehead atoms. The van der Waals surface area contributed by atoms with Gasteiger partial charge in [0.15, 0.2) is 0 Å². The molecule has 0 aliphatic heterocycles. The van der Waals surface area contributed by atoms with Gasteiger partial charge in [0.2, 0.25) is 0 Å². The fourth-order valence-corrected chi connectivity index (χ4v) is 1.58. The zero-order valence-electron chi connectivity index (χ0n) is 10.5. The number of nitrogens with one attached hydrogen (secondary N) is 1. The third-order valence-corrected chi connectivity index (χ3v) is 2.86. The first-order valence-electron chi connectivity index (χ1n) is 5.84. The third kappa shape index (κ3) is 3.90. The molecule has 1 atom stereocenters. The van der Waals surface area contributed by atoms with Gasteiger partial charge < -0.3 is 20.1 Å². The maximum atomic E-state index is 11.8. The van der Waals surface area contributed by atoms with Crippen LogP contribution in [0.1, 0.15) is 19.8 Å². The molecule has 0 radical (unpaired) electrons. The van der Waals surface area contributed by atoms with Crippen LogP contribution in [0.15, 0.2) is 0 Å². The van der Waals surface area contributed by atoms with Crippen molar-refractivity contribution in [2.75, 3.05) is 20.2 Å². The summed E-state index contributed by atoms with van der Waals surface area (Å²) in [6, 6.07) is -1.42. The van der Waals surface area contributed by atoms with E-state index in [0.29, 0.717) is 6.54 Å². The highest BCUT2D eigenvalue weighted by atomic mass is 16.5. The van der Waals surface area contributed by atoms with Gasteiger partial charge in [-0.2, -0.15) is 0 Å². The van der Waals surface area contributed by atoms with Gasteiger partial charge in [-0.25, -0.2) is 9.59 Å². The number of hydrogen-bond donors (Lipinski definition) is 2. The van der Waals surface area contributed by atoms with Crippen LogP contribution in [0, 0.1) is 5.92 Å². The maximum absolute atomic E-state index is 11.8. The van der Waals surface area contributed by atoms with Crippen LogP contribution in [0.2, 0.25) is 0 Å². The Morgan fingerprint density at radius 1 is 1.44 bits per heavy atom. The molecule has 7 heteroatoms. The molecule has 0 aromatic carbocycles. The molecule has 0 aromatic rings. The first-order valence-corrected chi connectivity index (χ1v) is 5.84. The summed E-state index contributed by atoms with van der Waals surface area (Å²) in [4.78, 5) is 35.1. The van der Waals surface area contributed by atoms with Crippen molar-refractivity contribution < 1.29 is 24.2 Å². The van der Waals surface area contributed by atoms with Gasteiger partial charge >= 0.3 is 18.0 Å². The van der Waals surface area contributed by atoms with Crippen LogP contribution in [0.3, 0.4) is 0 Å². The van der Waals surface area contributed by atoms with Gasteiger partial charge in [0.05, 0.1) is 7.11 Å². The molecule has 1 rings (SSSR count). The summed E-state index contributed by atoms with van der Waals surface area (Å²) in [6.07, 6.45) is 1.61. The standard InChI is InChI=1S/C11H18N2O5/c1-3-13(6-8(14)18-2)11(17)12-9(10(15)16)7-4-5-7/h7,9H,3-6H2,1-2H3,(H,12,17)(H,15,16). The molecule has 2 amide bonds. The van der Waals surface area contributed by atoms with Crippen molar-refractivity contribution in [3.05, 3.63) is 0 Å². The number of nitrogens with zero attached hydrogens (tertiary/aromatic N) is 1. The summed E-state index contributed by atoms with van der Waals surface area (Å²) in [5, 5.41) is 11.4. The number of amides is 2. The fourth-order valence-electron chi connectivity index (χ4n) is 1.58. The van der Waals surface area contributed by atoms with Crippen molar-refractivity contribution in [2.24, 2.45) is 5.92 Å². The summed E-state index contributed by atoms with van der Waals surface area (Å²) in [6.45, 7) is 1.82. The number of methoxy groups -OCH3 is 1. The van der Waals surface area contributed by atoms with E-state index in [0.717, 1.165) is 12.8 Å². The van der Waals surface area contributed by atoms with E-state index in [1.807, 2.05) is 0 Å². The Morgan fingerprint density at radius 3 is 2.44 bits per heavy atom. The van der Waals surface area contributed by atoms with Gasteiger partial charge in [-0.3, -0.25) is 4.79 Å². The van der Waals surface area contributed by atoms with Crippen LogP contribution < -0.4 is 5.32 Å². The number of ether oxygens (including phenoxy) is 1. The Hall–Kier alpha value is -1.79. The number of urea groups is 1. The third-order valence-electron chi connectivity index (χ3n) is 2.86. The monoisotopic (exact) mass is 258 g/mol. The molecule has 1 aliphatic carbocycles. The second kappa shape index (κ2) is 6.23. The Bertz CT molecular complexity index is 340. The summed E-state index contributed by atoms with van der Waals surface area (Å²) in [5.74, 6) is -1.58. The van der Waals surface area contributed by atoms with Gasteiger partial charge in [-0.1, -0.05) is 0 Å². The van der Waals surface area contributed by atoms with Crippen LogP contribution >= 0.6 is 0 Å². The van der Waals surface area contributed by atoms with Crippen molar-refractivity contribution in [3.8, 4) is 0 Å². The summed E-state index contributed by atoms with van der Waals surface area (Å²) in [7, 11) is 1.23. The lowest BCUT2D eigenvalue weighted by Gasteiger charge is -2.22. The lowest BCUT2D eigenvalue weighted by Crippen LogP contribution is -2.50. The normalized spacial score (nSPS) is 15.7. The van der Waals surface area contributed by atoms with Crippen molar-refractivity contribution in [2.45, 2.75) is 25.8 Å². The van der Waals surface area contributed by atoms with Crippen molar-refractivity contribution >= 4 is 18.0 Å². The van der Waals surface area contributed by atoms with E-state index < -0.39 is 24.0 Å². The number of aliphatic carboxylic acids is 1. The number of carbonyl (C=O) groups is 3.